The van der Waals surface area contributed by atoms with Crippen LogP contribution in [0.2, 0.25) is 0 Å². The summed E-state index contributed by atoms with van der Waals surface area (Å²) in [6.45, 7) is 2.02. The summed E-state index contributed by atoms with van der Waals surface area (Å²) in [5.74, 6) is -1.70. The lowest BCUT2D eigenvalue weighted by Gasteiger charge is -2.31. The van der Waals surface area contributed by atoms with E-state index < -0.39 is 23.8 Å². The van der Waals surface area contributed by atoms with Gasteiger partial charge in [-0.05, 0) is 25.5 Å². The molecule has 2 rings (SSSR count). The maximum Gasteiger partial charge on any atom is 0.406 e. The Bertz CT molecular complexity index is 522. The average molecular weight is 328 g/mol. The third kappa shape index (κ3) is 4.87. The zero-order valence-electron chi connectivity index (χ0n) is 13.1. The summed E-state index contributed by atoms with van der Waals surface area (Å²) in [6, 6.07) is 4.12. The van der Waals surface area contributed by atoms with Crippen LogP contribution in [0.1, 0.15) is 24.5 Å². The number of piperidine rings is 1. The van der Waals surface area contributed by atoms with Gasteiger partial charge in [0.15, 0.2) is 11.6 Å². The predicted molar refractivity (Wildman–Crippen MR) is 81.1 cm³/mol. The van der Waals surface area contributed by atoms with Gasteiger partial charge in [-0.2, -0.15) is 0 Å². The van der Waals surface area contributed by atoms with Crippen molar-refractivity contribution in [3.63, 3.8) is 0 Å². The summed E-state index contributed by atoms with van der Waals surface area (Å²) >= 11 is 0. The summed E-state index contributed by atoms with van der Waals surface area (Å²) in [5, 5.41) is 5.75. The smallest absolute Gasteiger partial charge is 0.406 e. The van der Waals surface area contributed by atoms with Crippen molar-refractivity contribution in [2.45, 2.75) is 18.9 Å². The largest absolute Gasteiger partial charge is 0.453 e. The fraction of sp³-hybridized carbons (Fsp3) is 0.562. The SMILES string of the molecule is COC(=O)NCCOC(c1cccc(F)c1F)[C@@H]1CCCNC1. The number of halogens is 2. The molecule has 7 heteroatoms. The van der Waals surface area contributed by atoms with Crippen LogP contribution in [0.5, 0.6) is 0 Å². The van der Waals surface area contributed by atoms with Crippen molar-refractivity contribution in [3.8, 4) is 0 Å². The third-order valence-electron chi connectivity index (χ3n) is 3.91. The molecule has 1 aromatic carbocycles. The Morgan fingerprint density at radius 1 is 1.48 bits per heavy atom. The molecule has 0 radical (unpaired) electrons. The molecule has 2 N–H and O–H groups in total. The molecule has 0 bridgehead atoms. The van der Waals surface area contributed by atoms with Gasteiger partial charge in [-0.3, -0.25) is 0 Å². The average Bonchev–Trinajstić information content (AvgIpc) is 2.58. The fourth-order valence-corrected chi connectivity index (χ4v) is 2.77. The maximum absolute atomic E-state index is 14.1. The molecule has 0 aromatic heterocycles. The number of alkyl carbamates (subject to hydrolysis) is 1. The standard InChI is InChI=1S/C16H22F2N2O3/c1-22-16(21)20-8-9-23-15(11-4-3-7-19-10-11)12-5-2-6-13(17)14(12)18/h2,5-6,11,15,19H,3-4,7-10H2,1H3,(H,20,21)/t11-,15?/m1/s1. The van der Waals surface area contributed by atoms with E-state index in [4.69, 9.17) is 4.74 Å². The second-order valence-corrected chi connectivity index (χ2v) is 5.46. The summed E-state index contributed by atoms with van der Waals surface area (Å²) in [7, 11) is 1.27. The number of carbonyl (C=O) groups is 1. The topological polar surface area (TPSA) is 59.6 Å². The molecule has 1 aliphatic heterocycles. The van der Waals surface area contributed by atoms with Gasteiger partial charge in [-0.15, -0.1) is 0 Å². The molecule has 0 spiro atoms. The Balaban J connectivity index is 2.05. The van der Waals surface area contributed by atoms with Gasteiger partial charge in [0.05, 0.1) is 19.8 Å². The van der Waals surface area contributed by atoms with Crippen LogP contribution in [0, 0.1) is 17.6 Å². The van der Waals surface area contributed by atoms with E-state index in [1.54, 1.807) is 6.07 Å². The van der Waals surface area contributed by atoms with Gasteiger partial charge in [0.25, 0.3) is 0 Å². The number of methoxy groups -OCH3 is 1. The number of hydrogen-bond acceptors (Lipinski definition) is 4. The van der Waals surface area contributed by atoms with Crippen LogP contribution in [0.15, 0.2) is 18.2 Å². The molecule has 0 aliphatic carbocycles. The number of carbonyl (C=O) groups excluding carboxylic acids is 1. The van der Waals surface area contributed by atoms with Crippen LogP contribution >= 0.6 is 0 Å². The molecule has 1 fully saturated rings. The van der Waals surface area contributed by atoms with Gasteiger partial charge < -0.3 is 20.1 Å². The summed E-state index contributed by atoms with van der Waals surface area (Å²) in [5.41, 5.74) is 0.219. The minimum atomic E-state index is -0.882. The lowest BCUT2D eigenvalue weighted by molar-refractivity contribution is 0.00221. The van der Waals surface area contributed by atoms with Crippen molar-refractivity contribution in [1.29, 1.82) is 0 Å². The summed E-state index contributed by atoms with van der Waals surface area (Å²) in [4.78, 5) is 11.0. The molecule has 0 saturated carbocycles. The molecule has 23 heavy (non-hydrogen) atoms. The van der Waals surface area contributed by atoms with Crippen LogP contribution in [0.4, 0.5) is 13.6 Å². The van der Waals surface area contributed by atoms with E-state index in [-0.39, 0.29) is 24.6 Å². The first-order chi connectivity index (χ1) is 11.1. The highest BCUT2D eigenvalue weighted by Crippen LogP contribution is 2.32. The zero-order chi connectivity index (χ0) is 16.7. The zero-order valence-corrected chi connectivity index (χ0v) is 13.1. The second kappa shape index (κ2) is 8.79. The molecule has 1 unspecified atom stereocenters. The number of amides is 1. The van der Waals surface area contributed by atoms with Crippen molar-refractivity contribution in [3.05, 3.63) is 35.4 Å². The minimum absolute atomic E-state index is 0.0539. The van der Waals surface area contributed by atoms with Crippen LogP contribution < -0.4 is 10.6 Å². The first-order valence-corrected chi connectivity index (χ1v) is 7.71. The Labute approximate surface area is 134 Å². The van der Waals surface area contributed by atoms with E-state index in [0.717, 1.165) is 25.5 Å². The van der Waals surface area contributed by atoms with Crippen molar-refractivity contribution in [2.24, 2.45) is 5.92 Å². The van der Waals surface area contributed by atoms with Gasteiger partial charge in [0.2, 0.25) is 0 Å². The highest BCUT2D eigenvalue weighted by molar-refractivity contribution is 5.66. The highest BCUT2D eigenvalue weighted by atomic mass is 19.2. The lowest BCUT2D eigenvalue weighted by atomic mass is 9.89. The Morgan fingerprint density at radius 2 is 2.30 bits per heavy atom. The molecular weight excluding hydrogens is 306 g/mol. The molecule has 1 heterocycles. The van der Waals surface area contributed by atoms with Crippen LogP contribution in [0.25, 0.3) is 0 Å². The van der Waals surface area contributed by atoms with E-state index in [9.17, 15) is 13.6 Å². The summed E-state index contributed by atoms with van der Waals surface area (Å²) < 4.78 is 37.9. The highest BCUT2D eigenvalue weighted by Gasteiger charge is 2.28. The molecule has 2 atom stereocenters. The van der Waals surface area contributed by atoms with Gasteiger partial charge in [-0.25, -0.2) is 13.6 Å². The third-order valence-corrected chi connectivity index (χ3v) is 3.91. The van der Waals surface area contributed by atoms with Gasteiger partial charge in [-0.1, -0.05) is 12.1 Å². The van der Waals surface area contributed by atoms with Crippen molar-refractivity contribution in [2.75, 3.05) is 33.4 Å². The number of rotatable bonds is 6. The lowest BCUT2D eigenvalue weighted by Crippen LogP contribution is -2.35. The second-order valence-electron chi connectivity index (χ2n) is 5.46. The van der Waals surface area contributed by atoms with Crippen LogP contribution in [-0.2, 0) is 9.47 Å². The number of nitrogens with one attached hydrogen (secondary N) is 2. The van der Waals surface area contributed by atoms with E-state index in [0.29, 0.717) is 6.54 Å². The van der Waals surface area contributed by atoms with E-state index in [1.807, 2.05) is 0 Å². The number of hydrogen-bond donors (Lipinski definition) is 2. The van der Waals surface area contributed by atoms with Gasteiger partial charge >= 0.3 is 6.09 Å². The maximum atomic E-state index is 14.1. The Kier molecular flexibility index (Phi) is 6.73. The predicted octanol–water partition coefficient (Wildman–Crippen LogP) is 2.38. The first-order valence-electron chi connectivity index (χ1n) is 7.71. The molecule has 5 nitrogen and oxygen atoms in total. The fourth-order valence-electron chi connectivity index (χ4n) is 2.77. The van der Waals surface area contributed by atoms with E-state index in [2.05, 4.69) is 15.4 Å². The van der Waals surface area contributed by atoms with Crippen LogP contribution in [0.3, 0.4) is 0 Å². The summed E-state index contributed by atoms with van der Waals surface area (Å²) in [6.07, 6.45) is 0.722. The molecule has 128 valence electrons. The molecule has 1 aromatic rings. The Morgan fingerprint density at radius 3 is 3.00 bits per heavy atom. The van der Waals surface area contributed by atoms with Crippen LogP contribution in [-0.4, -0.2) is 39.4 Å². The molecular formula is C16H22F2N2O3. The molecule has 1 aliphatic rings. The number of benzene rings is 1. The van der Waals surface area contributed by atoms with Gasteiger partial charge in [0.1, 0.15) is 0 Å². The minimum Gasteiger partial charge on any atom is -0.453 e. The monoisotopic (exact) mass is 328 g/mol. The van der Waals surface area contributed by atoms with Crippen molar-refractivity contribution in [1.82, 2.24) is 10.6 Å². The van der Waals surface area contributed by atoms with E-state index in [1.165, 1.54) is 13.2 Å². The van der Waals surface area contributed by atoms with Crippen molar-refractivity contribution < 1.29 is 23.0 Å². The molecule has 1 saturated heterocycles. The van der Waals surface area contributed by atoms with Gasteiger partial charge in [0, 0.05) is 24.6 Å². The quantitative estimate of drug-likeness (QED) is 0.787. The molecule has 1 amide bonds. The van der Waals surface area contributed by atoms with E-state index >= 15 is 0 Å². The normalized spacial score (nSPS) is 19.2. The number of ether oxygens (including phenoxy) is 2. The van der Waals surface area contributed by atoms with Crippen molar-refractivity contribution >= 4 is 6.09 Å². The Hall–Kier alpha value is -1.73. The first kappa shape index (κ1) is 17.6.